The van der Waals surface area contributed by atoms with Crippen molar-refractivity contribution in [3.8, 4) is 5.75 Å². The number of nitrogens with zero attached hydrogens (tertiary/aromatic N) is 1. The molecule has 0 atom stereocenters. The van der Waals surface area contributed by atoms with Crippen molar-refractivity contribution in [3.05, 3.63) is 39.9 Å². The number of amides is 1. The van der Waals surface area contributed by atoms with Gasteiger partial charge in [-0.05, 0) is 49.9 Å². The lowest BCUT2D eigenvalue weighted by atomic mass is 10.0. The van der Waals surface area contributed by atoms with E-state index in [-0.39, 0.29) is 12.5 Å². The summed E-state index contributed by atoms with van der Waals surface area (Å²) >= 11 is 7.36. The minimum atomic E-state index is -0.198. The lowest BCUT2D eigenvalue weighted by molar-refractivity contribution is -0.118. The second-order valence-electron chi connectivity index (χ2n) is 4.89. The fourth-order valence-corrected chi connectivity index (χ4v) is 3.43. The van der Waals surface area contributed by atoms with E-state index < -0.39 is 0 Å². The van der Waals surface area contributed by atoms with Crippen molar-refractivity contribution in [3.63, 3.8) is 0 Å². The summed E-state index contributed by atoms with van der Waals surface area (Å²) in [5, 5.41) is 4.11. The van der Waals surface area contributed by atoms with Gasteiger partial charge in [0.2, 0.25) is 0 Å². The highest BCUT2D eigenvalue weighted by Crippen LogP contribution is 2.29. The number of aromatic nitrogens is 1. The van der Waals surface area contributed by atoms with Gasteiger partial charge in [-0.1, -0.05) is 11.6 Å². The summed E-state index contributed by atoms with van der Waals surface area (Å²) in [4.78, 5) is 17.6. The van der Waals surface area contributed by atoms with Crippen LogP contribution in [-0.4, -0.2) is 17.5 Å². The van der Waals surface area contributed by atoms with Crippen LogP contribution in [0.4, 0.5) is 5.13 Å². The minimum absolute atomic E-state index is 0.0358. The third kappa shape index (κ3) is 3.74. The van der Waals surface area contributed by atoms with Crippen LogP contribution in [0.2, 0.25) is 5.02 Å². The van der Waals surface area contributed by atoms with Crippen molar-refractivity contribution < 1.29 is 9.53 Å². The van der Waals surface area contributed by atoms with E-state index in [9.17, 15) is 4.79 Å². The van der Waals surface area contributed by atoms with Crippen LogP contribution in [0.5, 0.6) is 5.75 Å². The molecule has 110 valence electrons. The van der Waals surface area contributed by atoms with Gasteiger partial charge >= 0.3 is 0 Å². The van der Waals surface area contributed by atoms with Gasteiger partial charge in [-0.3, -0.25) is 10.1 Å². The number of benzene rings is 1. The molecule has 0 spiro atoms. The number of aryl methyl sites for hydroxylation is 2. The van der Waals surface area contributed by atoms with Gasteiger partial charge in [-0.25, -0.2) is 4.98 Å². The molecule has 1 amide bonds. The molecule has 1 aliphatic rings. The third-order valence-electron chi connectivity index (χ3n) is 3.28. The fraction of sp³-hybridized carbons (Fsp3) is 0.333. The van der Waals surface area contributed by atoms with Gasteiger partial charge in [0.05, 0.1) is 5.69 Å². The van der Waals surface area contributed by atoms with Crippen LogP contribution in [0.1, 0.15) is 23.4 Å². The zero-order valence-corrected chi connectivity index (χ0v) is 13.0. The first-order valence-corrected chi connectivity index (χ1v) is 8.07. The van der Waals surface area contributed by atoms with Gasteiger partial charge in [0.1, 0.15) is 5.75 Å². The lowest BCUT2D eigenvalue weighted by Gasteiger charge is -2.06. The van der Waals surface area contributed by atoms with Crippen molar-refractivity contribution >= 4 is 34.0 Å². The molecule has 0 unspecified atom stereocenters. The molecular formula is C15H15ClN2O2S. The Morgan fingerprint density at radius 2 is 2.05 bits per heavy atom. The number of halogens is 1. The molecule has 0 saturated carbocycles. The maximum absolute atomic E-state index is 11.9. The van der Waals surface area contributed by atoms with Crippen molar-refractivity contribution in [1.82, 2.24) is 4.98 Å². The number of anilines is 1. The van der Waals surface area contributed by atoms with E-state index in [4.69, 9.17) is 16.3 Å². The van der Waals surface area contributed by atoms with Crippen LogP contribution in [0.15, 0.2) is 24.3 Å². The van der Waals surface area contributed by atoms with Gasteiger partial charge in [-0.2, -0.15) is 0 Å². The molecule has 4 nitrogen and oxygen atoms in total. The Hall–Kier alpha value is -1.59. The smallest absolute Gasteiger partial charge is 0.264 e. The molecule has 1 heterocycles. The topological polar surface area (TPSA) is 51.2 Å². The monoisotopic (exact) mass is 322 g/mol. The average Bonchev–Trinajstić information content (AvgIpc) is 2.88. The van der Waals surface area contributed by atoms with E-state index in [0.717, 1.165) is 18.5 Å². The summed E-state index contributed by atoms with van der Waals surface area (Å²) in [7, 11) is 0. The Morgan fingerprint density at radius 3 is 2.81 bits per heavy atom. The Kier molecular flexibility index (Phi) is 4.41. The number of thiazole rings is 1. The van der Waals surface area contributed by atoms with Crippen molar-refractivity contribution in [2.75, 3.05) is 11.9 Å². The first-order chi connectivity index (χ1) is 10.2. The van der Waals surface area contributed by atoms with Gasteiger partial charge in [0, 0.05) is 9.90 Å². The summed E-state index contributed by atoms with van der Waals surface area (Å²) < 4.78 is 5.40. The first kappa shape index (κ1) is 14.4. The first-order valence-electron chi connectivity index (χ1n) is 6.87. The van der Waals surface area contributed by atoms with Crippen molar-refractivity contribution in [2.45, 2.75) is 25.7 Å². The molecule has 1 aromatic heterocycles. The Bertz CT molecular complexity index is 616. The van der Waals surface area contributed by atoms with E-state index in [1.54, 1.807) is 35.6 Å². The van der Waals surface area contributed by atoms with E-state index in [0.29, 0.717) is 15.9 Å². The third-order valence-corrected chi connectivity index (χ3v) is 4.60. The molecule has 0 radical (unpaired) electrons. The number of ether oxygens (including phenoxy) is 1. The quantitative estimate of drug-likeness (QED) is 0.934. The average molecular weight is 323 g/mol. The summed E-state index contributed by atoms with van der Waals surface area (Å²) in [6, 6.07) is 6.92. The highest BCUT2D eigenvalue weighted by atomic mass is 35.5. The van der Waals surface area contributed by atoms with E-state index >= 15 is 0 Å². The Labute approximate surface area is 132 Å². The summed E-state index contributed by atoms with van der Waals surface area (Å²) in [6.07, 6.45) is 4.49. The molecule has 1 aromatic carbocycles. The van der Waals surface area contributed by atoms with Crippen LogP contribution < -0.4 is 10.1 Å². The minimum Gasteiger partial charge on any atom is -0.484 e. The zero-order chi connectivity index (χ0) is 14.7. The summed E-state index contributed by atoms with van der Waals surface area (Å²) in [5.74, 6) is 0.420. The molecule has 6 heteroatoms. The molecule has 21 heavy (non-hydrogen) atoms. The van der Waals surface area contributed by atoms with Crippen LogP contribution >= 0.6 is 22.9 Å². The molecule has 1 N–H and O–H groups in total. The standard InChI is InChI=1S/C15H15ClN2O2S/c16-10-5-7-11(8-6-10)20-9-14(19)18-15-17-12-3-1-2-4-13(12)21-15/h5-8H,1-4,9H2,(H,17,18,19). The van der Waals surface area contributed by atoms with E-state index in [1.165, 1.54) is 17.7 Å². The fourth-order valence-electron chi connectivity index (χ4n) is 2.24. The Morgan fingerprint density at radius 1 is 1.29 bits per heavy atom. The van der Waals surface area contributed by atoms with Gasteiger partial charge < -0.3 is 4.74 Å². The number of hydrogen-bond acceptors (Lipinski definition) is 4. The SMILES string of the molecule is O=C(COc1ccc(Cl)cc1)Nc1nc2c(s1)CCCC2. The zero-order valence-electron chi connectivity index (χ0n) is 11.4. The molecule has 0 fully saturated rings. The molecule has 0 saturated heterocycles. The molecule has 0 aliphatic heterocycles. The van der Waals surface area contributed by atoms with Gasteiger partial charge in [-0.15, -0.1) is 11.3 Å². The number of rotatable bonds is 4. The van der Waals surface area contributed by atoms with E-state index in [2.05, 4.69) is 10.3 Å². The highest BCUT2D eigenvalue weighted by Gasteiger charge is 2.16. The Balaban J connectivity index is 1.54. The van der Waals surface area contributed by atoms with Crippen LogP contribution in [0, 0.1) is 0 Å². The number of hydrogen-bond donors (Lipinski definition) is 1. The van der Waals surface area contributed by atoms with Crippen LogP contribution in [0.25, 0.3) is 0 Å². The molecule has 2 aromatic rings. The second kappa shape index (κ2) is 6.45. The maximum atomic E-state index is 11.9. The van der Waals surface area contributed by atoms with Crippen LogP contribution in [0.3, 0.4) is 0 Å². The number of carbonyl (C=O) groups is 1. The lowest BCUT2D eigenvalue weighted by Crippen LogP contribution is -2.20. The maximum Gasteiger partial charge on any atom is 0.264 e. The normalized spacial score (nSPS) is 13.6. The molecule has 0 bridgehead atoms. The predicted octanol–water partition coefficient (Wildman–Crippen LogP) is 3.69. The molecule has 3 rings (SSSR count). The van der Waals surface area contributed by atoms with Gasteiger partial charge in [0.15, 0.2) is 11.7 Å². The van der Waals surface area contributed by atoms with E-state index in [1.807, 2.05) is 0 Å². The highest BCUT2D eigenvalue weighted by molar-refractivity contribution is 7.15. The summed E-state index contributed by atoms with van der Waals surface area (Å²) in [6.45, 7) is -0.0358. The summed E-state index contributed by atoms with van der Waals surface area (Å²) in [5.41, 5.74) is 1.14. The van der Waals surface area contributed by atoms with Crippen molar-refractivity contribution in [2.24, 2.45) is 0 Å². The number of nitrogens with one attached hydrogen (secondary N) is 1. The molecule has 1 aliphatic carbocycles. The number of fused-ring (bicyclic) bond motifs is 1. The molecular weight excluding hydrogens is 308 g/mol. The number of carbonyl (C=O) groups excluding carboxylic acids is 1. The largest absolute Gasteiger partial charge is 0.484 e. The van der Waals surface area contributed by atoms with Crippen LogP contribution in [-0.2, 0) is 17.6 Å². The van der Waals surface area contributed by atoms with Crippen molar-refractivity contribution in [1.29, 1.82) is 0 Å². The predicted molar refractivity (Wildman–Crippen MR) is 84.3 cm³/mol. The second-order valence-corrected chi connectivity index (χ2v) is 6.41. The van der Waals surface area contributed by atoms with Gasteiger partial charge in [0.25, 0.3) is 5.91 Å².